The van der Waals surface area contributed by atoms with E-state index in [1.165, 1.54) is 5.56 Å². The highest BCUT2D eigenvalue weighted by Crippen LogP contribution is 2.32. The standard InChI is InChI=1S/C16H12BrClN2/c1-9-4-3-5-11(8-9)16-19-14-10(2)6-7-12(17)13(14)15(18)20-16/h3-8H,1-2H3. The number of fused-ring (bicyclic) bond motifs is 1. The summed E-state index contributed by atoms with van der Waals surface area (Å²) in [5.74, 6) is 0.660. The molecule has 2 aromatic carbocycles. The minimum atomic E-state index is 0.474. The van der Waals surface area contributed by atoms with Crippen molar-refractivity contribution in [1.82, 2.24) is 9.97 Å². The van der Waals surface area contributed by atoms with E-state index in [4.69, 9.17) is 11.6 Å². The molecule has 0 amide bonds. The molecule has 0 saturated carbocycles. The fourth-order valence-corrected chi connectivity index (χ4v) is 3.10. The van der Waals surface area contributed by atoms with Crippen LogP contribution in [0.4, 0.5) is 0 Å². The second-order valence-corrected chi connectivity index (χ2v) is 6.01. The Morgan fingerprint density at radius 3 is 2.60 bits per heavy atom. The lowest BCUT2D eigenvalue weighted by atomic mass is 10.1. The van der Waals surface area contributed by atoms with E-state index in [2.05, 4.69) is 32.0 Å². The topological polar surface area (TPSA) is 25.8 Å². The molecule has 0 fully saturated rings. The SMILES string of the molecule is Cc1cccc(-c2nc(Cl)c3c(Br)ccc(C)c3n2)c1. The average molecular weight is 348 g/mol. The van der Waals surface area contributed by atoms with Crippen molar-refractivity contribution in [2.45, 2.75) is 13.8 Å². The molecular formula is C16H12BrClN2. The van der Waals surface area contributed by atoms with E-state index in [0.29, 0.717) is 11.0 Å². The van der Waals surface area contributed by atoms with Crippen LogP contribution in [0.5, 0.6) is 0 Å². The lowest BCUT2D eigenvalue weighted by molar-refractivity contribution is 1.21. The van der Waals surface area contributed by atoms with Crippen LogP contribution in [0.3, 0.4) is 0 Å². The molecule has 0 unspecified atom stereocenters. The molecule has 1 heterocycles. The summed E-state index contributed by atoms with van der Waals surface area (Å²) in [6, 6.07) is 12.1. The maximum absolute atomic E-state index is 6.35. The van der Waals surface area contributed by atoms with Gasteiger partial charge in [0.1, 0.15) is 5.15 Å². The van der Waals surface area contributed by atoms with Crippen molar-refractivity contribution < 1.29 is 0 Å². The number of benzene rings is 2. The molecule has 0 N–H and O–H groups in total. The molecule has 0 saturated heterocycles. The third-order valence-electron chi connectivity index (χ3n) is 3.23. The first-order valence-corrected chi connectivity index (χ1v) is 7.43. The number of halogens is 2. The van der Waals surface area contributed by atoms with Crippen LogP contribution in [0.1, 0.15) is 11.1 Å². The van der Waals surface area contributed by atoms with Gasteiger partial charge in [-0.2, -0.15) is 0 Å². The Labute approximate surface area is 131 Å². The van der Waals surface area contributed by atoms with Gasteiger partial charge in [0.25, 0.3) is 0 Å². The van der Waals surface area contributed by atoms with Gasteiger partial charge in [0.05, 0.1) is 10.9 Å². The summed E-state index contributed by atoms with van der Waals surface area (Å²) in [6.45, 7) is 4.08. The Bertz CT molecular complexity index is 815. The summed E-state index contributed by atoms with van der Waals surface area (Å²) in [7, 11) is 0. The number of hydrogen-bond acceptors (Lipinski definition) is 2. The van der Waals surface area contributed by atoms with Crippen LogP contribution in [-0.4, -0.2) is 9.97 Å². The van der Waals surface area contributed by atoms with Gasteiger partial charge in [-0.15, -0.1) is 0 Å². The molecule has 0 aliphatic rings. The third kappa shape index (κ3) is 2.32. The van der Waals surface area contributed by atoms with E-state index in [-0.39, 0.29) is 0 Å². The molecule has 3 aromatic rings. The lowest BCUT2D eigenvalue weighted by Crippen LogP contribution is -1.94. The van der Waals surface area contributed by atoms with Gasteiger partial charge in [0.2, 0.25) is 0 Å². The zero-order valence-corrected chi connectivity index (χ0v) is 13.5. The maximum atomic E-state index is 6.35. The molecule has 0 spiro atoms. The van der Waals surface area contributed by atoms with Gasteiger partial charge in [-0.3, -0.25) is 0 Å². The van der Waals surface area contributed by atoms with E-state index in [9.17, 15) is 0 Å². The minimum Gasteiger partial charge on any atom is -0.228 e. The van der Waals surface area contributed by atoms with Crippen molar-refractivity contribution in [2.75, 3.05) is 0 Å². The third-order valence-corrected chi connectivity index (χ3v) is 4.17. The van der Waals surface area contributed by atoms with Crippen LogP contribution in [0.25, 0.3) is 22.3 Å². The summed E-state index contributed by atoms with van der Waals surface area (Å²) in [4.78, 5) is 9.12. The highest BCUT2D eigenvalue weighted by atomic mass is 79.9. The van der Waals surface area contributed by atoms with Crippen LogP contribution >= 0.6 is 27.5 Å². The first kappa shape index (κ1) is 13.5. The van der Waals surface area contributed by atoms with Crippen molar-refractivity contribution in [3.05, 3.63) is 57.2 Å². The van der Waals surface area contributed by atoms with Gasteiger partial charge >= 0.3 is 0 Å². The fraction of sp³-hybridized carbons (Fsp3) is 0.125. The first-order chi connectivity index (χ1) is 9.56. The van der Waals surface area contributed by atoms with Crippen LogP contribution in [0.15, 0.2) is 40.9 Å². The molecule has 0 bridgehead atoms. The molecule has 0 aliphatic heterocycles. The number of rotatable bonds is 1. The molecule has 0 atom stereocenters. The molecule has 2 nitrogen and oxygen atoms in total. The molecule has 1 aromatic heterocycles. The summed E-state index contributed by atoms with van der Waals surface area (Å²) < 4.78 is 0.916. The molecule has 100 valence electrons. The Balaban J connectivity index is 2.32. The van der Waals surface area contributed by atoms with Crippen LogP contribution < -0.4 is 0 Å². The average Bonchev–Trinajstić information content (AvgIpc) is 2.42. The normalized spacial score (nSPS) is 11.0. The van der Waals surface area contributed by atoms with E-state index >= 15 is 0 Å². The summed E-state index contributed by atoms with van der Waals surface area (Å²) in [6.07, 6.45) is 0. The van der Waals surface area contributed by atoms with E-state index < -0.39 is 0 Å². The maximum Gasteiger partial charge on any atom is 0.161 e. The number of hydrogen-bond donors (Lipinski definition) is 0. The van der Waals surface area contributed by atoms with E-state index in [1.54, 1.807) is 0 Å². The zero-order valence-electron chi connectivity index (χ0n) is 11.1. The van der Waals surface area contributed by atoms with Crippen LogP contribution in [-0.2, 0) is 0 Å². The lowest BCUT2D eigenvalue weighted by Gasteiger charge is -2.08. The first-order valence-electron chi connectivity index (χ1n) is 6.25. The summed E-state index contributed by atoms with van der Waals surface area (Å²) >= 11 is 9.86. The Morgan fingerprint density at radius 2 is 1.85 bits per heavy atom. The van der Waals surface area contributed by atoms with Gasteiger partial charge in [0.15, 0.2) is 5.82 Å². The molecule has 20 heavy (non-hydrogen) atoms. The smallest absolute Gasteiger partial charge is 0.161 e. The monoisotopic (exact) mass is 346 g/mol. The van der Waals surface area contributed by atoms with Crippen molar-refractivity contribution >= 4 is 38.4 Å². The van der Waals surface area contributed by atoms with Gasteiger partial charge < -0.3 is 0 Å². The van der Waals surface area contributed by atoms with Gasteiger partial charge in [0, 0.05) is 10.0 Å². The second kappa shape index (κ2) is 5.15. The highest BCUT2D eigenvalue weighted by Gasteiger charge is 2.12. The Kier molecular flexibility index (Phi) is 3.48. The van der Waals surface area contributed by atoms with Crippen LogP contribution in [0.2, 0.25) is 5.15 Å². The Morgan fingerprint density at radius 1 is 1.05 bits per heavy atom. The largest absolute Gasteiger partial charge is 0.228 e. The minimum absolute atomic E-state index is 0.474. The van der Waals surface area contributed by atoms with Crippen molar-refractivity contribution in [2.24, 2.45) is 0 Å². The molecule has 4 heteroatoms. The van der Waals surface area contributed by atoms with Gasteiger partial charge in [-0.25, -0.2) is 9.97 Å². The zero-order chi connectivity index (χ0) is 14.3. The van der Waals surface area contributed by atoms with Gasteiger partial charge in [-0.05, 0) is 47.5 Å². The van der Waals surface area contributed by atoms with Crippen molar-refractivity contribution in [3.63, 3.8) is 0 Å². The summed E-state index contributed by atoms with van der Waals surface area (Å²) in [5, 5.41) is 1.34. The van der Waals surface area contributed by atoms with E-state index in [1.807, 2.05) is 44.2 Å². The van der Waals surface area contributed by atoms with Gasteiger partial charge in [-0.1, -0.05) is 41.4 Å². The number of aromatic nitrogens is 2. The molecule has 0 aliphatic carbocycles. The fourth-order valence-electron chi connectivity index (χ4n) is 2.20. The quantitative estimate of drug-likeness (QED) is 0.556. The van der Waals surface area contributed by atoms with Crippen molar-refractivity contribution in [3.8, 4) is 11.4 Å². The molecule has 3 rings (SSSR count). The predicted molar refractivity (Wildman–Crippen MR) is 87.2 cm³/mol. The Hall–Kier alpha value is -1.45. The highest BCUT2D eigenvalue weighted by molar-refractivity contribution is 9.10. The second-order valence-electron chi connectivity index (χ2n) is 4.80. The number of nitrogens with zero attached hydrogens (tertiary/aromatic N) is 2. The predicted octanol–water partition coefficient (Wildman–Crippen LogP) is 5.33. The molecular weight excluding hydrogens is 336 g/mol. The molecule has 0 radical (unpaired) electrons. The van der Waals surface area contributed by atoms with E-state index in [0.717, 1.165) is 26.5 Å². The van der Waals surface area contributed by atoms with Crippen LogP contribution in [0, 0.1) is 13.8 Å². The van der Waals surface area contributed by atoms with Crippen molar-refractivity contribution in [1.29, 1.82) is 0 Å². The summed E-state index contributed by atoms with van der Waals surface area (Å²) in [5.41, 5.74) is 4.12. The number of aryl methyl sites for hydroxylation is 2.